The second-order valence-electron chi connectivity index (χ2n) is 8.49. The number of hydrogen-bond acceptors (Lipinski definition) is 16. The second kappa shape index (κ2) is 13.1. The van der Waals surface area contributed by atoms with E-state index in [1.165, 1.54) is 0 Å². The number of carbonyl (C=O) groups excluding carboxylic acids is 4. The van der Waals surface area contributed by atoms with Gasteiger partial charge in [-0.2, -0.15) is 0 Å². The van der Waals surface area contributed by atoms with Gasteiger partial charge < -0.3 is 48.8 Å². The SMILES string of the molecule is CC(=O)OC[C@H]1O[C@@H](S(=O)(=O)N[C@@H]2[C@@H](O)[C@H](O)[C@@H](CO)O[C@@H]2O)[C@H](OC(C)=O)[C@@H](OC(C)=O)[C@@H]1OC(C)=O. The van der Waals surface area contributed by atoms with Crippen LogP contribution in [0.15, 0.2) is 0 Å². The second-order valence-corrected chi connectivity index (χ2v) is 10.3. The molecule has 18 heteroatoms. The number of aliphatic hydroxyl groups excluding tert-OH is 4. The van der Waals surface area contributed by atoms with E-state index in [0.29, 0.717) is 0 Å². The first-order valence-electron chi connectivity index (χ1n) is 11.2. The lowest BCUT2D eigenvalue weighted by molar-refractivity contribution is -0.252. The van der Waals surface area contributed by atoms with Crippen molar-refractivity contribution in [2.75, 3.05) is 13.2 Å². The average molecular weight is 574 g/mol. The van der Waals surface area contributed by atoms with E-state index in [-0.39, 0.29) is 0 Å². The van der Waals surface area contributed by atoms with Crippen molar-refractivity contribution in [1.29, 1.82) is 0 Å². The molecule has 0 amide bonds. The minimum atomic E-state index is -4.98. The fourth-order valence-electron chi connectivity index (χ4n) is 3.92. The van der Waals surface area contributed by atoms with E-state index >= 15 is 0 Å². The number of hydrogen-bond donors (Lipinski definition) is 5. The van der Waals surface area contributed by atoms with Crippen molar-refractivity contribution in [2.45, 2.75) is 88.2 Å². The zero-order valence-corrected chi connectivity index (χ0v) is 21.6. The van der Waals surface area contributed by atoms with Crippen molar-refractivity contribution in [3.05, 3.63) is 0 Å². The van der Waals surface area contributed by atoms with Crippen LogP contribution in [0.3, 0.4) is 0 Å². The Kier molecular flexibility index (Phi) is 10.9. The molecular weight excluding hydrogens is 542 g/mol. The molecule has 0 unspecified atom stereocenters. The van der Waals surface area contributed by atoms with Gasteiger partial charge in [-0.05, 0) is 0 Å². The molecule has 2 rings (SSSR count). The van der Waals surface area contributed by atoms with E-state index in [1.54, 1.807) is 0 Å². The fourth-order valence-corrected chi connectivity index (χ4v) is 5.54. The highest BCUT2D eigenvalue weighted by atomic mass is 32.2. The first kappa shape index (κ1) is 31.8. The highest BCUT2D eigenvalue weighted by Crippen LogP contribution is 2.32. The molecule has 2 aliphatic heterocycles. The third-order valence-electron chi connectivity index (χ3n) is 5.45. The monoisotopic (exact) mass is 573 g/mol. The largest absolute Gasteiger partial charge is 0.463 e. The Morgan fingerprint density at radius 2 is 1.29 bits per heavy atom. The number of carbonyl (C=O) groups is 4. The Morgan fingerprint density at radius 1 is 0.763 bits per heavy atom. The van der Waals surface area contributed by atoms with Gasteiger partial charge in [0, 0.05) is 27.7 Å². The summed E-state index contributed by atoms with van der Waals surface area (Å²) in [7, 11) is -4.98. The third kappa shape index (κ3) is 7.79. The number of rotatable bonds is 9. The van der Waals surface area contributed by atoms with Gasteiger partial charge in [0.2, 0.25) is 15.5 Å². The molecule has 17 nitrogen and oxygen atoms in total. The summed E-state index contributed by atoms with van der Waals surface area (Å²) in [5, 5.41) is 39.9. The van der Waals surface area contributed by atoms with Gasteiger partial charge >= 0.3 is 23.9 Å². The van der Waals surface area contributed by atoms with E-state index in [1.807, 2.05) is 4.72 Å². The normalized spacial score (nSPS) is 35.6. The lowest BCUT2D eigenvalue weighted by Crippen LogP contribution is -2.68. The lowest BCUT2D eigenvalue weighted by atomic mass is 9.98. The molecule has 0 spiro atoms. The molecule has 0 aromatic heterocycles. The summed E-state index contributed by atoms with van der Waals surface area (Å²) >= 11 is 0. The minimum absolute atomic E-state index is 0.696. The van der Waals surface area contributed by atoms with E-state index in [0.717, 1.165) is 27.7 Å². The molecule has 0 saturated carbocycles. The van der Waals surface area contributed by atoms with Crippen LogP contribution < -0.4 is 4.72 Å². The standard InChI is InChI=1S/C20H31NO16S/c1-7(23)32-6-12-16(33-8(2)24)17(34-9(3)25)18(35-10(4)26)20(37-12)38(30,31)21-13-15(28)14(27)11(5-22)36-19(13)29/h11-22,27-29H,5-6H2,1-4H3/t11-,12-,13-,14-,15-,16-,17+,18-,19+,20+/m1/s1. The Hall–Kier alpha value is -2.45. The molecule has 0 aromatic carbocycles. The Morgan fingerprint density at radius 3 is 1.79 bits per heavy atom. The quantitative estimate of drug-likeness (QED) is 0.129. The Labute approximate surface area is 216 Å². The highest BCUT2D eigenvalue weighted by molar-refractivity contribution is 7.90. The molecular formula is C20H31NO16S. The van der Waals surface area contributed by atoms with Crippen molar-refractivity contribution in [1.82, 2.24) is 4.72 Å². The van der Waals surface area contributed by atoms with Crippen LogP contribution in [0.25, 0.3) is 0 Å². The zero-order chi connectivity index (χ0) is 28.9. The van der Waals surface area contributed by atoms with Crippen LogP contribution in [0.2, 0.25) is 0 Å². The molecule has 218 valence electrons. The summed E-state index contributed by atoms with van der Waals surface area (Å²) < 4.78 is 59.5. The summed E-state index contributed by atoms with van der Waals surface area (Å²) in [5.74, 6) is -3.80. The van der Waals surface area contributed by atoms with Gasteiger partial charge in [-0.1, -0.05) is 0 Å². The summed E-state index contributed by atoms with van der Waals surface area (Å²) in [6.07, 6.45) is -14.3. The molecule has 10 atom stereocenters. The number of aliphatic hydroxyl groups is 4. The first-order valence-corrected chi connectivity index (χ1v) is 12.8. The maximum absolute atomic E-state index is 13.4. The van der Waals surface area contributed by atoms with Crippen molar-refractivity contribution >= 4 is 33.9 Å². The van der Waals surface area contributed by atoms with Crippen molar-refractivity contribution in [2.24, 2.45) is 0 Å². The van der Waals surface area contributed by atoms with Crippen LogP contribution in [0, 0.1) is 0 Å². The maximum atomic E-state index is 13.4. The third-order valence-corrected chi connectivity index (χ3v) is 7.05. The maximum Gasteiger partial charge on any atom is 0.303 e. The number of ether oxygens (including phenoxy) is 6. The summed E-state index contributed by atoms with van der Waals surface area (Å²) in [6, 6.07) is -1.91. The van der Waals surface area contributed by atoms with Gasteiger partial charge in [-0.15, -0.1) is 0 Å². The average Bonchev–Trinajstić information content (AvgIpc) is 2.79. The first-order chi connectivity index (χ1) is 17.6. The molecule has 5 N–H and O–H groups in total. The van der Waals surface area contributed by atoms with E-state index in [9.17, 15) is 48.0 Å². The van der Waals surface area contributed by atoms with Gasteiger partial charge in [0.15, 0.2) is 24.6 Å². The van der Waals surface area contributed by atoms with Crippen LogP contribution in [0.4, 0.5) is 0 Å². The molecule has 0 radical (unpaired) electrons. The van der Waals surface area contributed by atoms with Crippen LogP contribution in [-0.2, 0) is 57.6 Å². The number of esters is 4. The van der Waals surface area contributed by atoms with Gasteiger partial charge in [0.1, 0.15) is 37.1 Å². The van der Waals surface area contributed by atoms with Gasteiger partial charge in [-0.3, -0.25) is 19.2 Å². The van der Waals surface area contributed by atoms with Crippen molar-refractivity contribution in [3.8, 4) is 0 Å². The topological polar surface area (TPSA) is 251 Å². The van der Waals surface area contributed by atoms with Crippen molar-refractivity contribution < 1.29 is 76.4 Å². The molecule has 38 heavy (non-hydrogen) atoms. The molecule has 0 aromatic rings. The van der Waals surface area contributed by atoms with Crippen LogP contribution in [0.5, 0.6) is 0 Å². The Balaban J connectivity index is 2.52. The molecule has 0 aliphatic carbocycles. The van der Waals surface area contributed by atoms with Crippen LogP contribution in [0.1, 0.15) is 27.7 Å². The zero-order valence-electron chi connectivity index (χ0n) is 20.8. The molecule has 2 aliphatic rings. The molecule has 2 fully saturated rings. The summed E-state index contributed by atoms with van der Waals surface area (Å²) in [6.45, 7) is 2.35. The van der Waals surface area contributed by atoms with E-state index in [2.05, 4.69) is 0 Å². The van der Waals surface area contributed by atoms with Gasteiger partial charge in [0.25, 0.3) is 0 Å². The van der Waals surface area contributed by atoms with E-state index in [4.69, 9.17) is 28.4 Å². The smallest absolute Gasteiger partial charge is 0.303 e. The van der Waals surface area contributed by atoms with Crippen LogP contribution >= 0.6 is 0 Å². The van der Waals surface area contributed by atoms with Gasteiger partial charge in [-0.25, -0.2) is 13.1 Å². The molecule has 2 saturated heterocycles. The minimum Gasteiger partial charge on any atom is -0.463 e. The number of nitrogens with one attached hydrogen (secondary N) is 1. The predicted octanol–water partition coefficient (Wildman–Crippen LogP) is -4.21. The van der Waals surface area contributed by atoms with Crippen LogP contribution in [-0.4, -0.2) is 126 Å². The van der Waals surface area contributed by atoms with E-state index < -0.39 is 108 Å². The summed E-state index contributed by atoms with van der Waals surface area (Å²) in [4.78, 5) is 46.9. The lowest BCUT2D eigenvalue weighted by Gasteiger charge is -2.45. The highest BCUT2D eigenvalue weighted by Gasteiger charge is 2.57. The predicted molar refractivity (Wildman–Crippen MR) is 118 cm³/mol. The van der Waals surface area contributed by atoms with Crippen molar-refractivity contribution in [3.63, 3.8) is 0 Å². The summed E-state index contributed by atoms with van der Waals surface area (Å²) in [5.41, 5.74) is -2.27. The number of sulfonamides is 1. The Bertz CT molecular complexity index is 988. The molecule has 0 bridgehead atoms. The molecule has 2 heterocycles. The van der Waals surface area contributed by atoms with Gasteiger partial charge in [0.05, 0.1) is 6.61 Å². The fraction of sp³-hybridized carbons (Fsp3) is 0.800.